The molecule has 0 saturated heterocycles. The van der Waals surface area contributed by atoms with E-state index in [4.69, 9.17) is 11.6 Å². The minimum absolute atomic E-state index is 0.0813. The van der Waals surface area contributed by atoms with Crippen LogP contribution in [0.5, 0.6) is 0 Å². The molecule has 0 fully saturated rings. The number of benzene rings is 2. The van der Waals surface area contributed by atoms with Gasteiger partial charge in [0.1, 0.15) is 5.82 Å². The molecule has 0 aromatic heterocycles. The minimum Gasteiger partial charge on any atom is -0.345 e. The van der Waals surface area contributed by atoms with Gasteiger partial charge in [-0.15, -0.1) is 0 Å². The lowest BCUT2D eigenvalue weighted by atomic mass is 9.87. The van der Waals surface area contributed by atoms with E-state index in [9.17, 15) is 9.18 Å². The minimum atomic E-state index is -0.593. The van der Waals surface area contributed by atoms with Crippen LogP contribution in [-0.2, 0) is 6.42 Å². The number of aryl methyl sites for hydroxylation is 1. The molecule has 0 unspecified atom stereocenters. The van der Waals surface area contributed by atoms with Gasteiger partial charge in [0.2, 0.25) is 0 Å². The molecule has 2 aromatic rings. The number of hydrogen-bond acceptors (Lipinski definition) is 1. The molecule has 1 aliphatic carbocycles. The van der Waals surface area contributed by atoms with E-state index in [1.54, 1.807) is 0 Å². The van der Waals surface area contributed by atoms with Crippen molar-refractivity contribution in [2.45, 2.75) is 25.3 Å². The quantitative estimate of drug-likeness (QED) is 0.881. The molecule has 0 aliphatic heterocycles. The summed E-state index contributed by atoms with van der Waals surface area (Å²) in [6, 6.07) is 12.2. The zero-order valence-corrected chi connectivity index (χ0v) is 12.2. The lowest BCUT2D eigenvalue weighted by Gasteiger charge is -2.26. The summed E-state index contributed by atoms with van der Waals surface area (Å²) in [5.74, 6) is -1.05. The van der Waals surface area contributed by atoms with Crippen molar-refractivity contribution >= 4 is 17.5 Å². The first kappa shape index (κ1) is 14.1. The second-order valence-electron chi connectivity index (χ2n) is 5.21. The molecule has 2 aromatic carbocycles. The van der Waals surface area contributed by atoms with Crippen LogP contribution in [0.4, 0.5) is 4.39 Å². The number of nitrogens with one attached hydrogen (secondary N) is 1. The molecular weight excluding hydrogens is 289 g/mol. The Hall–Kier alpha value is -1.87. The first-order valence-electron chi connectivity index (χ1n) is 6.99. The summed E-state index contributed by atoms with van der Waals surface area (Å²) >= 11 is 5.94. The maximum atomic E-state index is 13.8. The Balaban J connectivity index is 1.86. The molecule has 1 N–H and O–H groups in total. The number of halogens is 2. The highest BCUT2D eigenvalue weighted by Crippen LogP contribution is 2.30. The molecule has 108 valence electrons. The van der Waals surface area contributed by atoms with Crippen molar-refractivity contribution < 1.29 is 9.18 Å². The predicted octanol–water partition coefficient (Wildman–Crippen LogP) is 4.29. The fourth-order valence-corrected chi connectivity index (χ4v) is 3.10. The van der Waals surface area contributed by atoms with Crippen LogP contribution in [-0.4, -0.2) is 5.91 Å². The topological polar surface area (TPSA) is 29.1 Å². The first-order chi connectivity index (χ1) is 10.2. The lowest BCUT2D eigenvalue weighted by molar-refractivity contribution is 0.0929. The van der Waals surface area contributed by atoms with Crippen LogP contribution >= 0.6 is 11.6 Å². The summed E-state index contributed by atoms with van der Waals surface area (Å²) in [6.45, 7) is 0. The average Bonchev–Trinajstić information content (AvgIpc) is 2.47. The van der Waals surface area contributed by atoms with Crippen LogP contribution < -0.4 is 5.32 Å². The van der Waals surface area contributed by atoms with Gasteiger partial charge in [0.05, 0.1) is 16.6 Å². The molecule has 0 saturated carbocycles. The molecule has 0 bridgehead atoms. The van der Waals surface area contributed by atoms with Gasteiger partial charge in [0.15, 0.2) is 0 Å². The molecule has 0 spiro atoms. The van der Waals surface area contributed by atoms with Crippen molar-refractivity contribution in [2.24, 2.45) is 0 Å². The number of rotatable bonds is 2. The summed E-state index contributed by atoms with van der Waals surface area (Å²) in [6.07, 6.45) is 2.88. The van der Waals surface area contributed by atoms with Crippen molar-refractivity contribution in [3.8, 4) is 0 Å². The van der Waals surface area contributed by atoms with E-state index in [-0.39, 0.29) is 16.6 Å². The monoisotopic (exact) mass is 303 g/mol. The van der Waals surface area contributed by atoms with Gasteiger partial charge in [0.25, 0.3) is 5.91 Å². The van der Waals surface area contributed by atoms with Crippen LogP contribution in [0.3, 0.4) is 0 Å². The molecule has 21 heavy (non-hydrogen) atoms. The molecule has 0 heterocycles. The van der Waals surface area contributed by atoms with Crippen LogP contribution in [0.2, 0.25) is 5.02 Å². The summed E-state index contributed by atoms with van der Waals surface area (Å²) in [5.41, 5.74) is 2.28. The Morgan fingerprint density at radius 2 is 2.00 bits per heavy atom. The fraction of sp³-hybridized carbons (Fsp3) is 0.235. The Kier molecular flexibility index (Phi) is 3.93. The largest absolute Gasteiger partial charge is 0.345 e. The predicted molar refractivity (Wildman–Crippen MR) is 81.0 cm³/mol. The molecule has 2 nitrogen and oxygen atoms in total. The van der Waals surface area contributed by atoms with Crippen molar-refractivity contribution in [1.29, 1.82) is 0 Å². The van der Waals surface area contributed by atoms with Crippen molar-refractivity contribution in [1.82, 2.24) is 5.32 Å². The third-order valence-corrected chi connectivity index (χ3v) is 4.18. The van der Waals surface area contributed by atoms with Gasteiger partial charge in [-0.25, -0.2) is 4.39 Å². The summed E-state index contributed by atoms with van der Waals surface area (Å²) < 4.78 is 13.8. The molecule has 3 rings (SSSR count). The maximum Gasteiger partial charge on any atom is 0.256 e. The third kappa shape index (κ3) is 2.79. The summed E-state index contributed by atoms with van der Waals surface area (Å²) in [5, 5.41) is 3.05. The molecule has 4 heteroatoms. The van der Waals surface area contributed by atoms with Gasteiger partial charge >= 0.3 is 0 Å². The van der Waals surface area contributed by atoms with E-state index in [0.29, 0.717) is 0 Å². The van der Waals surface area contributed by atoms with Gasteiger partial charge in [-0.05, 0) is 42.5 Å². The molecule has 1 aliphatic rings. The maximum absolute atomic E-state index is 13.8. The highest BCUT2D eigenvalue weighted by Gasteiger charge is 2.24. The lowest BCUT2D eigenvalue weighted by Crippen LogP contribution is -2.31. The van der Waals surface area contributed by atoms with Gasteiger partial charge in [-0.1, -0.05) is 41.9 Å². The Labute approximate surface area is 127 Å². The average molecular weight is 304 g/mol. The van der Waals surface area contributed by atoms with E-state index in [1.807, 2.05) is 18.2 Å². The molecular formula is C17H15ClFNO. The van der Waals surface area contributed by atoms with Gasteiger partial charge in [-0.2, -0.15) is 0 Å². The third-order valence-electron chi connectivity index (χ3n) is 3.86. The Morgan fingerprint density at radius 3 is 2.81 bits per heavy atom. The van der Waals surface area contributed by atoms with E-state index < -0.39 is 11.7 Å². The normalized spacial score (nSPS) is 17.1. The van der Waals surface area contributed by atoms with Crippen LogP contribution in [0.25, 0.3) is 0 Å². The van der Waals surface area contributed by atoms with Gasteiger partial charge in [0, 0.05) is 0 Å². The van der Waals surface area contributed by atoms with E-state index >= 15 is 0 Å². The summed E-state index contributed by atoms with van der Waals surface area (Å²) in [7, 11) is 0. The second-order valence-corrected chi connectivity index (χ2v) is 5.62. The standard InChI is InChI=1S/C17H15ClFNO/c18-13-8-4-9-14(19)16(13)17(21)20-15-10-3-6-11-5-1-2-7-12(11)15/h1-2,4-5,7-9,15H,3,6,10H2,(H,20,21)/t15-/m0/s1. The number of amides is 1. The highest BCUT2D eigenvalue weighted by molar-refractivity contribution is 6.33. The first-order valence-corrected chi connectivity index (χ1v) is 7.37. The number of carbonyl (C=O) groups excluding carboxylic acids is 1. The van der Waals surface area contributed by atoms with E-state index in [1.165, 1.54) is 23.8 Å². The molecule has 1 amide bonds. The highest BCUT2D eigenvalue weighted by atomic mass is 35.5. The molecule has 1 atom stereocenters. The van der Waals surface area contributed by atoms with Gasteiger partial charge < -0.3 is 5.32 Å². The Bertz CT molecular complexity index is 666. The van der Waals surface area contributed by atoms with Crippen LogP contribution in [0.15, 0.2) is 42.5 Å². The second kappa shape index (κ2) is 5.86. The van der Waals surface area contributed by atoms with Crippen molar-refractivity contribution in [2.75, 3.05) is 0 Å². The fourth-order valence-electron chi connectivity index (χ4n) is 2.85. The Morgan fingerprint density at radius 1 is 1.19 bits per heavy atom. The van der Waals surface area contributed by atoms with Crippen LogP contribution in [0.1, 0.15) is 40.4 Å². The zero-order chi connectivity index (χ0) is 14.8. The van der Waals surface area contributed by atoms with Crippen LogP contribution in [0, 0.1) is 5.82 Å². The number of hydrogen-bond donors (Lipinski definition) is 1. The summed E-state index contributed by atoms with van der Waals surface area (Å²) in [4.78, 5) is 12.3. The molecule has 0 radical (unpaired) electrons. The SMILES string of the molecule is O=C(N[C@H]1CCCc2ccccc21)c1c(F)cccc1Cl. The van der Waals surface area contributed by atoms with Gasteiger partial charge in [-0.3, -0.25) is 4.79 Å². The zero-order valence-electron chi connectivity index (χ0n) is 11.4. The number of carbonyl (C=O) groups is 1. The van der Waals surface area contributed by atoms with E-state index in [2.05, 4.69) is 11.4 Å². The number of fused-ring (bicyclic) bond motifs is 1. The smallest absolute Gasteiger partial charge is 0.256 e. The van der Waals surface area contributed by atoms with E-state index in [0.717, 1.165) is 24.8 Å². The van der Waals surface area contributed by atoms with Crippen molar-refractivity contribution in [3.05, 3.63) is 70.0 Å². The van der Waals surface area contributed by atoms with Crippen molar-refractivity contribution in [3.63, 3.8) is 0 Å².